The van der Waals surface area contributed by atoms with Gasteiger partial charge in [-0.1, -0.05) is 6.07 Å². The van der Waals surface area contributed by atoms with Crippen LogP contribution in [0.3, 0.4) is 0 Å². The Kier molecular flexibility index (Phi) is 3.62. The zero-order valence-electron chi connectivity index (χ0n) is 11.4. The number of ether oxygens (including phenoxy) is 1. The maximum absolute atomic E-state index is 10.5. The summed E-state index contributed by atoms with van der Waals surface area (Å²) in [6, 6.07) is 5.98. The Morgan fingerprint density at radius 3 is 3.05 bits per heavy atom. The molecule has 104 valence electrons. The Bertz CT molecular complexity index is 444. The smallest absolute Gasteiger partial charge is 0.142 e. The summed E-state index contributed by atoms with van der Waals surface area (Å²) in [7, 11) is 0. The molecule has 1 saturated heterocycles. The van der Waals surface area contributed by atoms with E-state index in [2.05, 4.69) is 10.6 Å². The molecule has 0 aromatic heterocycles. The van der Waals surface area contributed by atoms with Gasteiger partial charge in [0.2, 0.25) is 0 Å². The Balaban J connectivity index is 1.77. The summed E-state index contributed by atoms with van der Waals surface area (Å²) in [5.41, 5.74) is 1.98. The predicted octanol–water partition coefficient (Wildman–Crippen LogP) is 1.91. The fourth-order valence-corrected chi connectivity index (χ4v) is 2.91. The average molecular weight is 262 g/mol. The van der Waals surface area contributed by atoms with E-state index >= 15 is 0 Å². The van der Waals surface area contributed by atoms with Gasteiger partial charge in [0.15, 0.2) is 0 Å². The minimum absolute atomic E-state index is 0.200. The molecule has 3 N–H and O–H groups in total. The number of rotatable bonds is 2. The number of benzene rings is 1. The Morgan fingerprint density at radius 1 is 1.37 bits per heavy atom. The van der Waals surface area contributed by atoms with Gasteiger partial charge in [-0.3, -0.25) is 0 Å². The van der Waals surface area contributed by atoms with Gasteiger partial charge in [0, 0.05) is 12.5 Å². The van der Waals surface area contributed by atoms with Crippen molar-refractivity contribution in [1.29, 1.82) is 0 Å². The van der Waals surface area contributed by atoms with Gasteiger partial charge in [0.1, 0.15) is 11.9 Å². The molecule has 19 heavy (non-hydrogen) atoms. The van der Waals surface area contributed by atoms with E-state index in [4.69, 9.17) is 4.74 Å². The number of aliphatic hydroxyl groups is 1. The summed E-state index contributed by atoms with van der Waals surface area (Å²) < 4.78 is 5.76. The van der Waals surface area contributed by atoms with E-state index in [0.717, 1.165) is 49.5 Å². The van der Waals surface area contributed by atoms with Crippen molar-refractivity contribution in [3.63, 3.8) is 0 Å². The lowest BCUT2D eigenvalue weighted by molar-refractivity contribution is 0.0921. The first-order valence-electron chi connectivity index (χ1n) is 7.17. The van der Waals surface area contributed by atoms with Crippen LogP contribution >= 0.6 is 0 Å². The fourth-order valence-electron chi connectivity index (χ4n) is 2.91. The lowest BCUT2D eigenvalue weighted by atomic mass is 9.89. The van der Waals surface area contributed by atoms with Gasteiger partial charge in [0.05, 0.1) is 18.3 Å². The zero-order valence-corrected chi connectivity index (χ0v) is 11.4. The van der Waals surface area contributed by atoms with Crippen molar-refractivity contribution in [2.24, 2.45) is 5.92 Å². The molecule has 0 aliphatic carbocycles. The maximum atomic E-state index is 10.5. The van der Waals surface area contributed by atoms with E-state index in [9.17, 15) is 5.11 Å². The molecule has 0 spiro atoms. The lowest BCUT2D eigenvalue weighted by Crippen LogP contribution is -2.33. The normalized spacial score (nSPS) is 27.9. The number of hydrogen-bond donors (Lipinski definition) is 3. The lowest BCUT2D eigenvalue weighted by Gasteiger charge is -2.29. The first-order chi connectivity index (χ1) is 9.24. The molecule has 2 heterocycles. The van der Waals surface area contributed by atoms with Crippen LogP contribution in [0.25, 0.3) is 0 Å². The van der Waals surface area contributed by atoms with Crippen LogP contribution in [-0.2, 0) is 0 Å². The molecule has 1 fully saturated rings. The first kappa shape index (κ1) is 12.8. The summed E-state index contributed by atoms with van der Waals surface area (Å²) in [6.45, 7) is 4.84. The average Bonchev–Trinajstić information content (AvgIpc) is 2.47. The van der Waals surface area contributed by atoms with Crippen molar-refractivity contribution in [3.05, 3.63) is 23.8 Å². The molecule has 1 aromatic carbocycles. The van der Waals surface area contributed by atoms with Crippen LogP contribution in [0.5, 0.6) is 5.75 Å². The predicted molar refractivity (Wildman–Crippen MR) is 75.6 cm³/mol. The second-order valence-electron chi connectivity index (χ2n) is 5.62. The van der Waals surface area contributed by atoms with E-state index in [1.807, 2.05) is 25.1 Å². The molecule has 3 rings (SSSR count). The van der Waals surface area contributed by atoms with E-state index < -0.39 is 0 Å². The SMILES string of the molecule is CC1CNc2cc(C(O)C3CCCNC3)ccc2O1. The monoisotopic (exact) mass is 262 g/mol. The summed E-state index contributed by atoms with van der Waals surface area (Å²) in [5, 5.41) is 17.2. The number of piperidine rings is 1. The van der Waals surface area contributed by atoms with Gasteiger partial charge in [-0.25, -0.2) is 0 Å². The maximum Gasteiger partial charge on any atom is 0.142 e. The van der Waals surface area contributed by atoms with E-state index in [0.29, 0.717) is 5.92 Å². The number of nitrogens with one attached hydrogen (secondary N) is 2. The van der Waals surface area contributed by atoms with Crippen molar-refractivity contribution >= 4 is 5.69 Å². The molecule has 4 heteroatoms. The minimum atomic E-state index is -0.390. The summed E-state index contributed by atoms with van der Waals surface area (Å²) in [5.74, 6) is 1.20. The van der Waals surface area contributed by atoms with Crippen LogP contribution in [-0.4, -0.2) is 30.8 Å². The molecule has 4 nitrogen and oxygen atoms in total. The topological polar surface area (TPSA) is 53.5 Å². The van der Waals surface area contributed by atoms with Crippen molar-refractivity contribution in [2.45, 2.75) is 32.0 Å². The van der Waals surface area contributed by atoms with Crippen LogP contribution in [0.2, 0.25) is 0 Å². The van der Waals surface area contributed by atoms with Gasteiger partial charge in [0.25, 0.3) is 0 Å². The van der Waals surface area contributed by atoms with Crippen molar-refractivity contribution in [2.75, 3.05) is 25.0 Å². The van der Waals surface area contributed by atoms with Gasteiger partial charge < -0.3 is 20.5 Å². The third kappa shape index (κ3) is 2.69. The molecule has 3 unspecified atom stereocenters. The van der Waals surface area contributed by atoms with E-state index in [-0.39, 0.29) is 12.2 Å². The van der Waals surface area contributed by atoms with Gasteiger partial charge in [-0.2, -0.15) is 0 Å². The largest absolute Gasteiger partial charge is 0.487 e. The van der Waals surface area contributed by atoms with Crippen molar-refractivity contribution in [3.8, 4) is 5.75 Å². The highest BCUT2D eigenvalue weighted by atomic mass is 16.5. The highest BCUT2D eigenvalue weighted by Crippen LogP contribution is 2.34. The molecular weight excluding hydrogens is 240 g/mol. The van der Waals surface area contributed by atoms with Crippen LogP contribution in [0.4, 0.5) is 5.69 Å². The number of anilines is 1. The molecule has 2 aliphatic heterocycles. The Hall–Kier alpha value is -1.26. The van der Waals surface area contributed by atoms with Crippen molar-refractivity contribution in [1.82, 2.24) is 5.32 Å². The molecule has 0 amide bonds. The van der Waals surface area contributed by atoms with Crippen molar-refractivity contribution < 1.29 is 9.84 Å². The first-order valence-corrected chi connectivity index (χ1v) is 7.17. The molecule has 2 aliphatic rings. The number of hydrogen-bond acceptors (Lipinski definition) is 4. The fraction of sp³-hybridized carbons (Fsp3) is 0.600. The quantitative estimate of drug-likeness (QED) is 0.762. The molecule has 0 saturated carbocycles. The minimum Gasteiger partial charge on any atom is -0.487 e. The molecule has 1 aromatic rings. The van der Waals surface area contributed by atoms with Gasteiger partial charge >= 0.3 is 0 Å². The van der Waals surface area contributed by atoms with Crippen LogP contribution in [0.1, 0.15) is 31.4 Å². The van der Waals surface area contributed by atoms with Gasteiger partial charge in [-0.05, 0) is 44.0 Å². The Labute approximate surface area is 114 Å². The number of fused-ring (bicyclic) bond motifs is 1. The second-order valence-corrected chi connectivity index (χ2v) is 5.62. The summed E-state index contributed by atoms with van der Waals surface area (Å²) >= 11 is 0. The van der Waals surface area contributed by atoms with Crippen LogP contribution in [0, 0.1) is 5.92 Å². The highest BCUT2D eigenvalue weighted by Gasteiger charge is 2.24. The Morgan fingerprint density at radius 2 is 2.26 bits per heavy atom. The van der Waals surface area contributed by atoms with E-state index in [1.165, 1.54) is 0 Å². The molecular formula is C15H22N2O2. The highest BCUT2D eigenvalue weighted by molar-refractivity contribution is 5.59. The van der Waals surface area contributed by atoms with Crippen LogP contribution < -0.4 is 15.4 Å². The molecule has 0 bridgehead atoms. The molecule has 3 atom stereocenters. The van der Waals surface area contributed by atoms with Crippen LogP contribution in [0.15, 0.2) is 18.2 Å². The zero-order chi connectivity index (χ0) is 13.2. The standard InChI is InChI=1S/C15H22N2O2/c1-10-8-17-13-7-11(4-5-14(13)19-10)15(18)12-3-2-6-16-9-12/h4-5,7,10,12,15-18H,2-3,6,8-9H2,1H3. The third-order valence-electron chi connectivity index (χ3n) is 4.03. The summed E-state index contributed by atoms with van der Waals surface area (Å²) in [6.07, 6.45) is 2.04. The molecule has 0 radical (unpaired) electrons. The van der Waals surface area contributed by atoms with E-state index in [1.54, 1.807) is 0 Å². The second kappa shape index (κ2) is 5.39. The number of aliphatic hydroxyl groups excluding tert-OH is 1. The summed E-state index contributed by atoms with van der Waals surface area (Å²) in [4.78, 5) is 0. The third-order valence-corrected chi connectivity index (χ3v) is 4.03. The van der Waals surface area contributed by atoms with Gasteiger partial charge in [-0.15, -0.1) is 0 Å².